The molecule has 0 heterocycles. The maximum absolute atomic E-state index is 11.3. The summed E-state index contributed by atoms with van der Waals surface area (Å²) in [6, 6.07) is 6.43. The third-order valence-electron chi connectivity index (χ3n) is 3.03. The minimum absolute atomic E-state index is 0.116. The van der Waals surface area contributed by atoms with Crippen LogP contribution in [0, 0.1) is 13.8 Å². The molecule has 0 radical (unpaired) electrons. The van der Waals surface area contributed by atoms with Gasteiger partial charge in [-0.1, -0.05) is 30.7 Å². The van der Waals surface area contributed by atoms with E-state index in [1.54, 1.807) is 0 Å². The molecule has 1 aromatic carbocycles. The fraction of sp³-hybridized carbons (Fsp3) is 0.571. The van der Waals surface area contributed by atoms with E-state index in [-0.39, 0.29) is 11.8 Å². The van der Waals surface area contributed by atoms with Crippen LogP contribution in [0.25, 0.3) is 0 Å². The van der Waals surface area contributed by atoms with E-state index in [4.69, 9.17) is 0 Å². The Morgan fingerprint density at radius 2 is 1.94 bits per heavy atom. The van der Waals surface area contributed by atoms with Crippen LogP contribution in [0.3, 0.4) is 0 Å². The molecule has 0 spiro atoms. The Bertz CT molecular complexity index is 495. The van der Waals surface area contributed by atoms with E-state index in [1.165, 1.54) is 22.9 Å². The zero-order valence-electron chi connectivity index (χ0n) is 11.7. The lowest BCUT2D eigenvalue weighted by atomic mass is 9.97. The van der Waals surface area contributed by atoms with Crippen molar-refractivity contribution in [1.82, 2.24) is 5.32 Å². The summed E-state index contributed by atoms with van der Waals surface area (Å²) >= 11 is 0. The highest BCUT2D eigenvalue weighted by atomic mass is 32.2. The molecule has 0 aromatic heterocycles. The summed E-state index contributed by atoms with van der Waals surface area (Å²) in [5.41, 5.74) is 3.65. The van der Waals surface area contributed by atoms with Crippen molar-refractivity contribution < 1.29 is 8.42 Å². The number of nitrogens with one attached hydrogen (secondary N) is 1. The van der Waals surface area contributed by atoms with Gasteiger partial charge in [0.1, 0.15) is 9.84 Å². The van der Waals surface area contributed by atoms with Gasteiger partial charge < -0.3 is 5.32 Å². The van der Waals surface area contributed by atoms with Crippen molar-refractivity contribution in [2.24, 2.45) is 0 Å². The van der Waals surface area contributed by atoms with Crippen molar-refractivity contribution in [3.05, 3.63) is 34.9 Å². The molecule has 1 N–H and O–H groups in total. The van der Waals surface area contributed by atoms with Crippen molar-refractivity contribution in [3.8, 4) is 0 Å². The third kappa shape index (κ3) is 4.78. The van der Waals surface area contributed by atoms with Crippen LogP contribution in [0.1, 0.15) is 36.1 Å². The predicted molar refractivity (Wildman–Crippen MR) is 76.7 cm³/mol. The van der Waals surface area contributed by atoms with E-state index in [1.807, 2.05) is 6.92 Å². The van der Waals surface area contributed by atoms with Crippen LogP contribution in [0.15, 0.2) is 18.2 Å². The van der Waals surface area contributed by atoms with Gasteiger partial charge in [-0.05, 0) is 37.9 Å². The van der Waals surface area contributed by atoms with Crippen molar-refractivity contribution in [2.45, 2.75) is 33.2 Å². The number of rotatable bonds is 6. The van der Waals surface area contributed by atoms with Crippen LogP contribution in [0.4, 0.5) is 0 Å². The number of sulfone groups is 1. The fourth-order valence-corrected chi connectivity index (χ4v) is 2.83. The van der Waals surface area contributed by atoms with E-state index < -0.39 is 9.84 Å². The zero-order valence-corrected chi connectivity index (χ0v) is 12.5. The molecule has 1 atom stereocenters. The Morgan fingerprint density at radius 3 is 2.44 bits per heavy atom. The van der Waals surface area contributed by atoms with Gasteiger partial charge in [-0.15, -0.1) is 0 Å². The summed E-state index contributed by atoms with van der Waals surface area (Å²) in [6.07, 6.45) is 1.91. The minimum atomic E-state index is -2.91. The molecule has 0 aliphatic carbocycles. The first-order chi connectivity index (χ1) is 8.33. The molecule has 3 nitrogen and oxygen atoms in total. The van der Waals surface area contributed by atoms with E-state index in [9.17, 15) is 8.42 Å². The fourth-order valence-electron chi connectivity index (χ4n) is 2.16. The van der Waals surface area contributed by atoms with E-state index in [0.717, 1.165) is 6.54 Å². The third-order valence-corrected chi connectivity index (χ3v) is 4.01. The molecule has 1 rings (SSSR count). The van der Waals surface area contributed by atoms with Gasteiger partial charge in [0.15, 0.2) is 0 Å². The lowest BCUT2D eigenvalue weighted by molar-refractivity contribution is 0.528. The molecule has 4 heteroatoms. The number of hydrogen-bond acceptors (Lipinski definition) is 3. The van der Waals surface area contributed by atoms with Crippen molar-refractivity contribution in [2.75, 3.05) is 18.6 Å². The molecule has 0 amide bonds. The van der Waals surface area contributed by atoms with Gasteiger partial charge in [-0.25, -0.2) is 8.42 Å². The summed E-state index contributed by atoms with van der Waals surface area (Å²) in [7, 11) is -2.91. The predicted octanol–water partition coefficient (Wildman–Crippen LogP) is 2.39. The molecule has 18 heavy (non-hydrogen) atoms. The van der Waals surface area contributed by atoms with Crippen molar-refractivity contribution >= 4 is 9.84 Å². The zero-order chi connectivity index (χ0) is 13.8. The van der Waals surface area contributed by atoms with Gasteiger partial charge in [0.2, 0.25) is 0 Å². The van der Waals surface area contributed by atoms with Crippen LogP contribution in [-0.2, 0) is 9.84 Å². The summed E-state index contributed by atoms with van der Waals surface area (Å²) in [4.78, 5) is 0. The minimum Gasteiger partial charge on any atom is -0.310 e. The highest BCUT2D eigenvalue weighted by Crippen LogP contribution is 2.22. The van der Waals surface area contributed by atoms with Crippen LogP contribution >= 0.6 is 0 Å². The first-order valence-corrected chi connectivity index (χ1v) is 8.38. The second-order valence-corrected chi connectivity index (χ2v) is 7.15. The monoisotopic (exact) mass is 269 g/mol. The number of hydrogen-bond donors (Lipinski definition) is 1. The summed E-state index contributed by atoms with van der Waals surface area (Å²) < 4.78 is 22.6. The lowest BCUT2D eigenvalue weighted by Gasteiger charge is -2.20. The SMILES string of the molecule is CCNC(CCS(C)(=O)=O)c1ccc(C)cc1C. The van der Waals surface area contributed by atoms with Gasteiger partial charge in [0.25, 0.3) is 0 Å². The quantitative estimate of drug-likeness (QED) is 0.862. The molecular weight excluding hydrogens is 246 g/mol. The summed E-state index contributed by atoms with van der Waals surface area (Å²) in [6.45, 7) is 7.02. The van der Waals surface area contributed by atoms with Gasteiger partial charge >= 0.3 is 0 Å². The number of aryl methyl sites for hydroxylation is 2. The largest absolute Gasteiger partial charge is 0.310 e. The molecule has 0 saturated heterocycles. The molecule has 0 saturated carbocycles. The molecular formula is C14H23NO2S. The van der Waals surface area contributed by atoms with Gasteiger partial charge in [0, 0.05) is 12.3 Å². The van der Waals surface area contributed by atoms with Crippen LogP contribution in [0.2, 0.25) is 0 Å². The standard InChI is InChI=1S/C14H23NO2S/c1-5-15-14(8-9-18(4,16)17)13-7-6-11(2)10-12(13)3/h6-7,10,14-15H,5,8-9H2,1-4H3. The summed E-state index contributed by atoms with van der Waals surface area (Å²) in [5, 5.41) is 3.37. The van der Waals surface area contributed by atoms with Crippen molar-refractivity contribution in [1.29, 1.82) is 0 Å². The first-order valence-electron chi connectivity index (χ1n) is 6.31. The Labute approximate surface area is 111 Å². The van der Waals surface area contributed by atoms with E-state index in [0.29, 0.717) is 6.42 Å². The second kappa shape index (κ2) is 6.34. The van der Waals surface area contributed by atoms with Crippen LogP contribution < -0.4 is 5.32 Å². The average Bonchev–Trinajstić information content (AvgIpc) is 2.24. The Morgan fingerprint density at radius 1 is 1.28 bits per heavy atom. The first kappa shape index (κ1) is 15.2. The Hall–Kier alpha value is -0.870. The molecule has 1 aromatic rings. The van der Waals surface area contributed by atoms with Crippen LogP contribution in [-0.4, -0.2) is 27.0 Å². The highest BCUT2D eigenvalue weighted by molar-refractivity contribution is 7.90. The van der Waals surface area contributed by atoms with Crippen LogP contribution in [0.5, 0.6) is 0 Å². The maximum Gasteiger partial charge on any atom is 0.147 e. The molecule has 0 fully saturated rings. The lowest BCUT2D eigenvalue weighted by Crippen LogP contribution is -2.24. The average molecular weight is 269 g/mol. The topological polar surface area (TPSA) is 46.2 Å². The normalized spacial score (nSPS) is 13.6. The highest BCUT2D eigenvalue weighted by Gasteiger charge is 2.15. The molecule has 0 aliphatic rings. The van der Waals surface area contributed by atoms with E-state index in [2.05, 4.69) is 37.4 Å². The number of benzene rings is 1. The smallest absolute Gasteiger partial charge is 0.147 e. The molecule has 1 unspecified atom stereocenters. The second-order valence-electron chi connectivity index (χ2n) is 4.89. The Balaban J connectivity index is 2.90. The maximum atomic E-state index is 11.3. The molecule has 0 aliphatic heterocycles. The molecule has 0 bridgehead atoms. The Kier molecular flexibility index (Phi) is 5.35. The van der Waals surface area contributed by atoms with Gasteiger partial charge in [-0.3, -0.25) is 0 Å². The van der Waals surface area contributed by atoms with Crippen molar-refractivity contribution in [3.63, 3.8) is 0 Å². The van der Waals surface area contributed by atoms with E-state index >= 15 is 0 Å². The summed E-state index contributed by atoms with van der Waals surface area (Å²) in [5.74, 6) is 0.220. The van der Waals surface area contributed by atoms with Gasteiger partial charge in [0.05, 0.1) is 5.75 Å². The molecule has 102 valence electrons. The van der Waals surface area contributed by atoms with Gasteiger partial charge in [-0.2, -0.15) is 0 Å².